The second-order valence-corrected chi connectivity index (χ2v) is 6.49. The molecule has 1 aliphatic rings. The lowest BCUT2D eigenvalue weighted by molar-refractivity contribution is 0.148. The molecule has 2 N–H and O–H groups in total. The first-order chi connectivity index (χ1) is 10.2. The van der Waals surface area contributed by atoms with E-state index in [1.165, 1.54) is 37.3 Å². The van der Waals surface area contributed by atoms with Crippen LogP contribution >= 0.6 is 0 Å². The smallest absolute Gasteiger partial charge is 0.113 e. The molecule has 4 heteroatoms. The Balaban J connectivity index is 1.71. The minimum atomic E-state index is 0.584. The summed E-state index contributed by atoms with van der Waals surface area (Å²) in [6, 6.07) is 4.87. The fourth-order valence-corrected chi connectivity index (χ4v) is 3.29. The number of piperidine rings is 1. The van der Waals surface area contributed by atoms with Gasteiger partial charge in [0.15, 0.2) is 0 Å². The molecule has 0 aliphatic carbocycles. The quantitative estimate of drug-likeness (QED) is 0.939. The number of fused-ring (bicyclic) bond motifs is 1. The maximum absolute atomic E-state index is 5.75. The zero-order valence-corrected chi connectivity index (χ0v) is 13.1. The molecule has 2 aromatic rings. The molecule has 0 aromatic carbocycles. The van der Waals surface area contributed by atoms with Gasteiger partial charge in [-0.05, 0) is 57.3 Å². The summed E-state index contributed by atoms with van der Waals surface area (Å²) in [5.41, 5.74) is 8.08. The number of hydrogen-bond donors (Lipinski definition) is 1. The van der Waals surface area contributed by atoms with E-state index in [1.54, 1.807) is 0 Å². The predicted octanol–water partition coefficient (Wildman–Crippen LogP) is 2.46. The molecule has 1 saturated heterocycles. The topological polar surface area (TPSA) is 46.6 Å². The van der Waals surface area contributed by atoms with Crippen molar-refractivity contribution in [2.24, 2.45) is 11.7 Å². The number of likely N-dealkylation sites (tertiary alicyclic amines) is 1. The van der Waals surface area contributed by atoms with Gasteiger partial charge in [-0.15, -0.1) is 0 Å². The zero-order chi connectivity index (χ0) is 14.8. The summed E-state index contributed by atoms with van der Waals surface area (Å²) >= 11 is 0. The number of nitrogens with two attached hydrogens (primary N) is 1. The minimum Gasteiger partial charge on any atom is -0.326 e. The summed E-state index contributed by atoms with van der Waals surface area (Å²) in [5, 5.41) is 0. The molecule has 3 rings (SSSR count). The van der Waals surface area contributed by atoms with Crippen molar-refractivity contribution < 1.29 is 0 Å². The van der Waals surface area contributed by atoms with Gasteiger partial charge >= 0.3 is 0 Å². The highest BCUT2D eigenvalue weighted by molar-refractivity contribution is 5.47. The Morgan fingerprint density at radius 2 is 2.05 bits per heavy atom. The third kappa shape index (κ3) is 3.11. The summed E-state index contributed by atoms with van der Waals surface area (Å²) in [5.74, 6) is 1.94. The molecule has 4 nitrogen and oxygen atoms in total. The molecule has 0 saturated carbocycles. The molecule has 3 heterocycles. The Morgan fingerprint density at radius 3 is 2.71 bits per heavy atom. The largest absolute Gasteiger partial charge is 0.326 e. The SMILES string of the molecule is CC(C)N1CCC(Cc2ncc3ccc(CN)cn23)CC1. The van der Waals surface area contributed by atoms with Gasteiger partial charge in [-0.1, -0.05) is 6.07 Å². The Morgan fingerprint density at radius 1 is 1.29 bits per heavy atom. The number of aromatic nitrogens is 2. The first-order valence-electron chi connectivity index (χ1n) is 8.06. The van der Waals surface area contributed by atoms with E-state index in [4.69, 9.17) is 5.73 Å². The monoisotopic (exact) mass is 286 g/mol. The number of rotatable bonds is 4. The van der Waals surface area contributed by atoms with Crippen molar-refractivity contribution in [3.8, 4) is 0 Å². The summed E-state index contributed by atoms with van der Waals surface area (Å²) in [7, 11) is 0. The van der Waals surface area contributed by atoms with Crippen molar-refractivity contribution in [1.29, 1.82) is 0 Å². The third-order valence-corrected chi connectivity index (χ3v) is 4.75. The van der Waals surface area contributed by atoms with Crippen LogP contribution in [0.1, 0.15) is 38.1 Å². The van der Waals surface area contributed by atoms with Crippen molar-refractivity contribution in [3.05, 3.63) is 35.9 Å². The average molecular weight is 286 g/mol. The minimum absolute atomic E-state index is 0.584. The molecule has 1 aliphatic heterocycles. The van der Waals surface area contributed by atoms with Crippen LogP contribution in [0.2, 0.25) is 0 Å². The van der Waals surface area contributed by atoms with Gasteiger partial charge in [0.25, 0.3) is 0 Å². The first-order valence-corrected chi connectivity index (χ1v) is 8.06. The molecule has 0 unspecified atom stereocenters. The highest BCUT2D eigenvalue weighted by atomic mass is 15.1. The van der Waals surface area contributed by atoms with E-state index in [1.807, 2.05) is 6.20 Å². The number of nitrogens with zero attached hydrogens (tertiary/aromatic N) is 3. The van der Waals surface area contributed by atoms with E-state index in [9.17, 15) is 0 Å². The van der Waals surface area contributed by atoms with E-state index in [2.05, 4.69) is 46.5 Å². The van der Waals surface area contributed by atoms with Crippen molar-refractivity contribution in [2.45, 2.75) is 45.7 Å². The number of hydrogen-bond acceptors (Lipinski definition) is 3. The van der Waals surface area contributed by atoms with Crippen LogP contribution in [-0.4, -0.2) is 33.4 Å². The fraction of sp³-hybridized carbons (Fsp3) is 0.588. The lowest BCUT2D eigenvalue weighted by atomic mass is 9.92. The van der Waals surface area contributed by atoms with Crippen LogP contribution in [-0.2, 0) is 13.0 Å². The van der Waals surface area contributed by atoms with Crippen LogP contribution in [0.15, 0.2) is 24.5 Å². The van der Waals surface area contributed by atoms with Crippen molar-refractivity contribution >= 4 is 5.52 Å². The van der Waals surface area contributed by atoms with E-state index in [-0.39, 0.29) is 0 Å². The molecule has 0 amide bonds. The lowest BCUT2D eigenvalue weighted by Crippen LogP contribution is -2.38. The highest BCUT2D eigenvalue weighted by Crippen LogP contribution is 2.23. The molecule has 114 valence electrons. The average Bonchev–Trinajstić information content (AvgIpc) is 2.90. The van der Waals surface area contributed by atoms with E-state index in [0.29, 0.717) is 12.6 Å². The summed E-state index contributed by atoms with van der Waals surface area (Å²) in [6.45, 7) is 7.60. The number of pyridine rings is 1. The third-order valence-electron chi connectivity index (χ3n) is 4.75. The van der Waals surface area contributed by atoms with Crippen molar-refractivity contribution in [1.82, 2.24) is 14.3 Å². The molecule has 0 radical (unpaired) electrons. The zero-order valence-electron chi connectivity index (χ0n) is 13.1. The fourth-order valence-electron chi connectivity index (χ4n) is 3.29. The molecule has 1 fully saturated rings. The Kier molecular flexibility index (Phi) is 4.27. The molecule has 0 spiro atoms. The highest BCUT2D eigenvalue weighted by Gasteiger charge is 2.22. The van der Waals surface area contributed by atoms with Gasteiger partial charge in [-0.3, -0.25) is 0 Å². The van der Waals surface area contributed by atoms with Gasteiger partial charge in [0, 0.05) is 25.2 Å². The van der Waals surface area contributed by atoms with Gasteiger partial charge in [0.1, 0.15) is 5.82 Å². The van der Waals surface area contributed by atoms with Crippen LogP contribution < -0.4 is 5.73 Å². The lowest BCUT2D eigenvalue weighted by Gasteiger charge is -2.34. The normalized spacial score (nSPS) is 17.9. The van der Waals surface area contributed by atoms with E-state index < -0.39 is 0 Å². The molecule has 2 aromatic heterocycles. The summed E-state index contributed by atoms with van der Waals surface area (Å²) in [6.07, 6.45) is 7.75. The van der Waals surface area contributed by atoms with Crippen LogP contribution in [0.3, 0.4) is 0 Å². The maximum atomic E-state index is 5.75. The molecule has 21 heavy (non-hydrogen) atoms. The van der Waals surface area contributed by atoms with E-state index in [0.717, 1.165) is 17.9 Å². The second-order valence-electron chi connectivity index (χ2n) is 6.49. The molecular weight excluding hydrogens is 260 g/mol. The van der Waals surface area contributed by atoms with Crippen LogP contribution in [0, 0.1) is 5.92 Å². The second kappa shape index (κ2) is 6.16. The molecule has 0 atom stereocenters. The predicted molar refractivity (Wildman–Crippen MR) is 86.2 cm³/mol. The molecular formula is C17H26N4. The van der Waals surface area contributed by atoms with Crippen LogP contribution in [0.25, 0.3) is 5.52 Å². The Bertz CT molecular complexity index is 594. The van der Waals surface area contributed by atoms with Gasteiger partial charge < -0.3 is 15.0 Å². The Hall–Kier alpha value is -1.39. The summed E-state index contributed by atoms with van der Waals surface area (Å²) in [4.78, 5) is 7.20. The molecule has 0 bridgehead atoms. The standard InChI is InChI=1S/C17H26N4/c1-13(2)20-7-5-14(6-8-20)9-17-19-11-16-4-3-15(10-18)12-21(16)17/h3-4,11-14H,5-10,18H2,1-2H3. The van der Waals surface area contributed by atoms with Gasteiger partial charge in [0.2, 0.25) is 0 Å². The van der Waals surface area contributed by atoms with Gasteiger partial charge in [-0.2, -0.15) is 0 Å². The maximum Gasteiger partial charge on any atom is 0.113 e. The van der Waals surface area contributed by atoms with Crippen LogP contribution in [0.5, 0.6) is 0 Å². The number of imidazole rings is 1. The van der Waals surface area contributed by atoms with Crippen LogP contribution in [0.4, 0.5) is 0 Å². The van der Waals surface area contributed by atoms with Crippen molar-refractivity contribution in [2.75, 3.05) is 13.1 Å². The van der Waals surface area contributed by atoms with Gasteiger partial charge in [0.05, 0.1) is 11.7 Å². The Labute approximate surface area is 127 Å². The van der Waals surface area contributed by atoms with Gasteiger partial charge in [-0.25, -0.2) is 4.98 Å². The first kappa shape index (κ1) is 14.5. The summed E-state index contributed by atoms with van der Waals surface area (Å²) < 4.78 is 2.22. The van der Waals surface area contributed by atoms with E-state index >= 15 is 0 Å². The van der Waals surface area contributed by atoms with Crippen molar-refractivity contribution in [3.63, 3.8) is 0 Å².